The molecule has 10 heteroatoms. The summed E-state index contributed by atoms with van der Waals surface area (Å²) in [6, 6.07) is 147. The van der Waals surface area contributed by atoms with E-state index in [1.54, 1.807) is 0 Å². The van der Waals surface area contributed by atoms with E-state index in [-0.39, 0.29) is 10.9 Å². The first-order chi connectivity index (χ1) is 61.6. The minimum atomic E-state index is -0.00351. The topological polar surface area (TPSA) is 97.5 Å². The SMILES string of the molecule is CCc1nc2ccccc2n1-c1ccc(-c2c3ccccc3c(-c3ccc(-c4ccccc4)cc3)c3ccccc23)cc1.Cn1c2ccccc2c(=O)c2cc3c(cc21)c(=O)c1ccccc1n3C.c1ccc(-c2ccc(-c3cc(-c4cc(-n5c6ccccc6c6ccccc65)cc(-n5c6ccccc6c6ccccc65)c4)nc(-c4ccccc4)n3)cc2)cc1. The van der Waals surface area contributed by atoms with Gasteiger partial charge < -0.3 is 18.3 Å². The number of nitrogens with zero attached hydrogens (tertiary/aromatic N) is 8. The van der Waals surface area contributed by atoms with Crippen LogP contribution in [0.15, 0.2) is 428 Å². The first-order valence-corrected chi connectivity index (χ1v) is 42.5. The summed E-state index contributed by atoms with van der Waals surface area (Å²) in [6.45, 7) is 2.17. The highest BCUT2D eigenvalue weighted by Gasteiger charge is 2.23. The van der Waals surface area contributed by atoms with Crippen molar-refractivity contribution < 1.29 is 0 Å². The Balaban J connectivity index is 0.000000119. The van der Waals surface area contributed by atoms with E-state index in [2.05, 4.69) is 354 Å². The lowest BCUT2D eigenvalue weighted by Gasteiger charge is -2.18. The Bertz CT molecular complexity index is 8090. The lowest BCUT2D eigenvalue weighted by atomic mass is 9.85. The van der Waals surface area contributed by atoms with Gasteiger partial charge in [0, 0.05) is 97.4 Å². The largest absolute Gasteiger partial charge is 0.343 e. The Hall–Kier alpha value is -16.4. The molecule has 18 aromatic carbocycles. The molecule has 0 saturated heterocycles. The molecule has 0 aliphatic rings. The van der Waals surface area contributed by atoms with Crippen LogP contribution in [0.5, 0.6) is 0 Å². The van der Waals surface area contributed by atoms with Gasteiger partial charge in [-0.05, 0) is 175 Å². The van der Waals surface area contributed by atoms with Crippen LogP contribution in [0, 0.1) is 0 Å². The summed E-state index contributed by atoms with van der Waals surface area (Å²) >= 11 is 0. The number of pyridine rings is 2. The Morgan fingerprint density at radius 1 is 0.216 bits per heavy atom. The molecule has 0 unspecified atom stereocenters. The average molecular weight is 1610 g/mol. The van der Waals surface area contributed by atoms with Gasteiger partial charge in [-0.2, -0.15) is 0 Å². The van der Waals surface area contributed by atoms with E-state index in [0.29, 0.717) is 27.4 Å². The minimum absolute atomic E-state index is 0.00351. The third-order valence-electron chi connectivity index (χ3n) is 24.8. The van der Waals surface area contributed by atoms with Crippen molar-refractivity contribution in [2.24, 2.45) is 14.1 Å². The number of aromatic nitrogens is 8. The van der Waals surface area contributed by atoms with Crippen molar-refractivity contribution in [1.82, 2.24) is 37.8 Å². The van der Waals surface area contributed by atoms with Gasteiger partial charge in [-0.3, -0.25) is 14.2 Å². The van der Waals surface area contributed by atoms with Crippen LogP contribution >= 0.6 is 0 Å². The molecule has 10 nitrogen and oxygen atoms in total. The molecule has 0 fully saturated rings. The molecule has 0 amide bonds. The number of rotatable bonds is 11. The highest BCUT2D eigenvalue weighted by Crippen LogP contribution is 2.46. The third kappa shape index (κ3) is 13.1. The molecule has 24 rings (SSSR count). The number of hydrogen-bond donors (Lipinski definition) is 0. The first-order valence-electron chi connectivity index (χ1n) is 42.5. The van der Waals surface area contributed by atoms with E-state index in [0.717, 1.165) is 113 Å². The molecule has 6 aromatic heterocycles. The van der Waals surface area contributed by atoms with Gasteiger partial charge in [0.25, 0.3) is 0 Å². The maximum Gasteiger partial charge on any atom is 0.197 e. The molecule has 592 valence electrons. The lowest BCUT2D eigenvalue weighted by molar-refractivity contribution is 0.908. The summed E-state index contributed by atoms with van der Waals surface area (Å²) in [7, 11) is 3.86. The molecule has 0 spiro atoms. The fourth-order valence-corrected chi connectivity index (χ4v) is 18.9. The summed E-state index contributed by atoms with van der Waals surface area (Å²) in [6.07, 6.45) is 0.875. The van der Waals surface area contributed by atoms with Crippen LogP contribution in [0.25, 0.3) is 215 Å². The van der Waals surface area contributed by atoms with E-state index in [4.69, 9.17) is 15.0 Å². The van der Waals surface area contributed by atoms with Crippen LogP contribution in [0.3, 0.4) is 0 Å². The van der Waals surface area contributed by atoms with Crippen LogP contribution in [0.4, 0.5) is 0 Å². The van der Waals surface area contributed by atoms with E-state index in [1.807, 2.05) is 108 Å². The van der Waals surface area contributed by atoms with Gasteiger partial charge in [0.1, 0.15) is 5.82 Å². The van der Waals surface area contributed by atoms with Crippen LogP contribution < -0.4 is 10.9 Å². The number of fused-ring (bicyclic) bond motifs is 13. The zero-order valence-corrected chi connectivity index (χ0v) is 68.9. The van der Waals surface area contributed by atoms with Gasteiger partial charge >= 0.3 is 0 Å². The third-order valence-corrected chi connectivity index (χ3v) is 24.8. The summed E-state index contributed by atoms with van der Waals surface area (Å²) < 4.78 is 11.1. The second kappa shape index (κ2) is 31.3. The maximum absolute atomic E-state index is 13.0. The van der Waals surface area contributed by atoms with Crippen molar-refractivity contribution in [2.75, 3.05) is 0 Å². The normalized spacial score (nSPS) is 11.6. The average Bonchev–Trinajstić information content (AvgIpc) is 1.72. The van der Waals surface area contributed by atoms with E-state index in [9.17, 15) is 9.59 Å². The Morgan fingerprint density at radius 3 is 0.936 bits per heavy atom. The molecule has 24 aromatic rings. The van der Waals surface area contributed by atoms with Crippen molar-refractivity contribution in [3.8, 4) is 95.5 Å². The summed E-state index contributed by atoms with van der Waals surface area (Å²) in [5, 5.41) is 12.6. The lowest BCUT2D eigenvalue weighted by Crippen LogP contribution is -2.13. The smallest absolute Gasteiger partial charge is 0.197 e. The molecule has 0 saturated carbocycles. The van der Waals surface area contributed by atoms with E-state index < -0.39 is 0 Å². The highest BCUT2D eigenvalue weighted by molar-refractivity contribution is 6.22. The van der Waals surface area contributed by atoms with Gasteiger partial charge in [0.05, 0.1) is 66.6 Å². The van der Waals surface area contributed by atoms with E-state index in [1.165, 1.54) is 87.6 Å². The molecule has 0 N–H and O–H groups in total. The van der Waals surface area contributed by atoms with E-state index >= 15 is 0 Å². The van der Waals surface area contributed by atoms with Crippen molar-refractivity contribution >= 4 is 120 Å². The summed E-state index contributed by atoms with van der Waals surface area (Å²) in [5.41, 5.74) is 27.9. The van der Waals surface area contributed by atoms with Gasteiger partial charge in [0.2, 0.25) is 0 Å². The first kappa shape index (κ1) is 74.8. The predicted octanol–water partition coefficient (Wildman–Crippen LogP) is 27.9. The van der Waals surface area contributed by atoms with Crippen molar-refractivity contribution in [3.05, 3.63) is 445 Å². The minimum Gasteiger partial charge on any atom is -0.343 e. The number of hydrogen-bond acceptors (Lipinski definition) is 5. The molecule has 0 atom stereocenters. The molecule has 0 radical (unpaired) electrons. The maximum atomic E-state index is 13.0. The van der Waals surface area contributed by atoms with Crippen molar-refractivity contribution in [1.29, 1.82) is 0 Å². The quantitative estimate of drug-likeness (QED) is 0.120. The van der Waals surface area contributed by atoms with Crippen molar-refractivity contribution in [2.45, 2.75) is 13.3 Å². The monoisotopic (exact) mass is 1600 g/mol. The summed E-state index contributed by atoms with van der Waals surface area (Å²) in [5.74, 6) is 1.76. The predicted molar refractivity (Wildman–Crippen MR) is 521 cm³/mol. The number of para-hydroxylation sites is 8. The Labute approximate surface area is 720 Å². The van der Waals surface area contributed by atoms with Crippen LogP contribution in [0.2, 0.25) is 0 Å². The van der Waals surface area contributed by atoms with Gasteiger partial charge in [0.15, 0.2) is 16.7 Å². The van der Waals surface area contributed by atoms with Gasteiger partial charge in [-0.15, -0.1) is 0 Å². The zero-order chi connectivity index (χ0) is 83.8. The second-order valence-corrected chi connectivity index (χ2v) is 32.0. The summed E-state index contributed by atoms with van der Waals surface area (Å²) in [4.78, 5) is 41.5. The molecule has 0 aliphatic heterocycles. The number of aryl methyl sites for hydroxylation is 3. The fraction of sp³-hybridized carbons (Fsp3) is 0.0348. The molecule has 0 aliphatic carbocycles. The van der Waals surface area contributed by atoms with Crippen LogP contribution in [-0.4, -0.2) is 37.8 Å². The number of imidazole rings is 1. The zero-order valence-electron chi connectivity index (χ0n) is 68.9. The number of benzene rings is 18. The molecule has 125 heavy (non-hydrogen) atoms. The van der Waals surface area contributed by atoms with Crippen LogP contribution in [0.1, 0.15) is 12.7 Å². The molecular weight excluding hydrogens is 1530 g/mol. The molecule has 0 bridgehead atoms. The van der Waals surface area contributed by atoms with Gasteiger partial charge in [-0.1, -0.05) is 316 Å². The van der Waals surface area contributed by atoms with Crippen molar-refractivity contribution in [3.63, 3.8) is 0 Å². The highest BCUT2D eigenvalue weighted by atomic mass is 16.1. The molecule has 6 heterocycles. The van der Waals surface area contributed by atoms with Gasteiger partial charge in [-0.25, -0.2) is 15.0 Å². The second-order valence-electron chi connectivity index (χ2n) is 32.0. The standard InChI is InChI=1S/C52H34N4.C41H30N2.C22H16N2O2/c1-3-15-35(16-4-1)36-27-29-37(30-28-36)46-34-47(54-52(53-46)38-17-5-2-6-18-38)39-31-40(55-48-23-11-7-19-42(48)43-20-8-12-24-49(43)55)33-41(32-39)56-50-25-13-9-21-44(50)45-22-10-14-26-51(45)56;1-2-39-42-37-18-10-11-19-38(37)43(39)32-26-24-31(25-27-32)41-35-16-8-6-14-33(35)40(34-15-7-9-17-36(34)41)30-22-20-29(21-23-30)28-12-4-3-5-13-28;1-23-17-9-5-3-7-13(17)21(25)15-12-20-16(11-19(15)23)22(26)14-8-4-6-10-18(14)24(20)2/h1-34H;3-27H,2H2,1H3;3-12H,1-2H3. The fourth-order valence-electron chi connectivity index (χ4n) is 18.9. The molecular formula is C115H80N8O2. The Morgan fingerprint density at radius 2 is 0.528 bits per heavy atom. The van der Waals surface area contributed by atoms with Crippen LogP contribution in [-0.2, 0) is 20.5 Å². The Kier molecular flexibility index (Phi) is 18.7.